The monoisotopic (exact) mass is 362 g/mol. The van der Waals surface area contributed by atoms with Crippen LogP contribution in [0.3, 0.4) is 0 Å². The molecule has 0 saturated heterocycles. The Morgan fingerprint density at radius 3 is 2.96 bits per heavy atom. The van der Waals surface area contributed by atoms with Crippen LogP contribution in [0, 0.1) is 5.82 Å². The minimum atomic E-state index is -0.552. The number of benzene rings is 2. The van der Waals surface area contributed by atoms with Gasteiger partial charge in [0, 0.05) is 16.0 Å². The average Bonchev–Trinajstić information content (AvgIpc) is 3.10. The fourth-order valence-corrected chi connectivity index (χ4v) is 2.70. The van der Waals surface area contributed by atoms with Crippen molar-refractivity contribution in [3.63, 3.8) is 0 Å². The number of hydrogen-bond donors (Lipinski definition) is 1. The molecule has 2 aromatic carbocycles. The van der Waals surface area contributed by atoms with E-state index in [1.54, 1.807) is 29.8 Å². The Kier molecular flexibility index (Phi) is 5.08. The molecule has 0 radical (unpaired) electrons. The molecule has 0 bridgehead atoms. The summed E-state index contributed by atoms with van der Waals surface area (Å²) in [6, 6.07) is 10.6. The lowest BCUT2D eigenvalue weighted by Gasteiger charge is -2.09. The minimum Gasteiger partial charge on any atom is -0.487 e. The molecule has 1 N–H and O–H groups in total. The molecule has 0 saturated carbocycles. The Labute approximate surface area is 146 Å². The van der Waals surface area contributed by atoms with E-state index in [1.165, 1.54) is 29.5 Å². The maximum atomic E-state index is 13.7. The van der Waals surface area contributed by atoms with E-state index in [1.807, 2.05) is 5.38 Å². The van der Waals surface area contributed by atoms with Gasteiger partial charge in [-0.1, -0.05) is 17.7 Å². The van der Waals surface area contributed by atoms with Crippen molar-refractivity contribution in [2.75, 3.05) is 5.32 Å². The summed E-state index contributed by atoms with van der Waals surface area (Å²) >= 11 is 7.30. The van der Waals surface area contributed by atoms with Crippen LogP contribution >= 0.6 is 22.9 Å². The predicted octanol–water partition coefficient (Wildman–Crippen LogP) is 4.77. The van der Waals surface area contributed by atoms with Gasteiger partial charge < -0.3 is 10.1 Å². The average molecular weight is 363 g/mol. The second kappa shape index (κ2) is 7.42. The third-order valence-corrected chi connectivity index (χ3v) is 4.01. The van der Waals surface area contributed by atoms with Crippen LogP contribution in [0.4, 0.5) is 10.1 Å². The fourth-order valence-electron chi connectivity index (χ4n) is 1.98. The zero-order valence-electron chi connectivity index (χ0n) is 12.3. The van der Waals surface area contributed by atoms with Crippen molar-refractivity contribution in [1.82, 2.24) is 4.98 Å². The number of nitrogens with one attached hydrogen (secondary N) is 1. The number of thiazole rings is 1. The zero-order valence-corrected chi connectivity index (χ0v) is 13.9. The topological polar surface area (TPSA) is 51.2 Å². The minimum absolute atomic E-state index is 0.0290. The van der Waals surface area contributed by atoms with Crippen LogP contribution in [0.1, 0.15) is 16.1 Å². The lowest BCUT2D eigenvalue weighted by atomic mass is 10.2. The summed E-state index contributed by atoms with van der Waals surface area (Å²) in [5.41, 5.74) is 2.92. The van der Waals surface area contributed by atoms with E-state index in [0.29, 0.717) is 22.9 Å². The molecule has 0 aliphatic heterocycles. The normalized spacial score (nSPS) is 10.4. The van der Waals surface area contributed by atoms with Gasteiger partial charge in [0.05, 0.1) is 16.9 Å². The van der Waals surface area contributed by atoms with E-state index in [2.05, 4.69) is 10.3 Å². The Hall–Kier alpha value is -2.44. The standard InChI is InChI=1S/C17H12ClFN2O2S/c18-12-4-5-15(19)16(7-12)21-17(22)11-2-1-3-14(6-11)23-8-13-9-24-10-20-13/h1-7,9-10H,8H2,(H,21,22). The van der Waals surface area contributed by atoms with Crippen molar-refractivity contribution in [2.45, 2.75) is 6.61 Å². The molecule has 3 aromatic rings. The highest BCUT2D eigenvalue weighted by Gasteiger charge is 2.11. The number of hydrogen-bond acceptors (Lipinski definition) is 4. The van der Waals surface area contributed by atoms with Gasteiger partial charge in [-0.3, -0.25) is 4.79 Å². The first kappa shape index (κ1) is 16.4. The van der Waals surface area contributed by atoms with Crippen LogP contribution in [-0.4, -0.2) is 10.9 Å². The maximum Gasteiger partial charge on any atom is 0.255 e. The first-order valence-corrected chi connectivity index (χ1v) is 8.30. The molecule has 0 aliphatic carbocycles. The molecule has 0 atom stereocenters. The summed E-state index contributed by atoms with van der Waals surface area (Å²) in [5, 5.41) is 4.73. The fraction of sp³-hybridized carbons (Fsp3) is 0.0588. The highest BCUT2D eigenvalue weighted by molar-refractivity contribution is 7.07. The van der Waals surface area contributed by atoms with Crippen LogP contribution in [0.15, 0.2) is 53.4 Å². The van der Waals surface area contributed by atoms with Gasteiger partial charge in [-0.2, -0.15) is 0 Å². The van der Waals surface area contributed by atoms with Gasteiger partial charge in [0.25, 0.3) is 5.91 Å². The van der Waals surface area contributed by atoms with Crippen LogP contribution < -0.4 is 10.1 Å². The SMILES string of the molecule is O=C(Nc1cc(Cl)ccc1F)c1cccc(OCc2cscn2)c1. The number of carbonyl (C=O) groups excluding carboxylic acids is 1. The maximum absolute atomic E-state index is 13.7. The van der Waals surface area contributed by atoms with Gasteiger partial charge in [0.1, 0.15) is 18.2 Å². The number of ether oxygens (including phenoxy) is 1. The number of carbonyl (C=O) groups is 1. The van der Waals surface area contributed by atoms with Crippen molar-refractivity contribution < 1.29 is 13.9 Å². The molecule has 0 unspecified atom stereocenters. The van der Waals surface area contributed by atoms with Gasteiger partial charge in [-0.05, 0) is 36.4 Å². The van der Waals surface area contributed by atoms with E-state index in [9.17, 15) is 9.18 Å². The molecule has 4 nitrogen and oxygen atoms in total. The molecular weight excluding hydrogens is 351 g/mol. The number of amides is 1. The molecule has 1 aromatic heterocycles. The zero-order chi connectivity index (χ0) is 16.9. The summed E-state index contributed by atoms with van der Waals surface area (Å²) < 4.78 is 19.3. The van der Waals surface area contributed by atoms with Gasteiger partial charge in [0.2, 0.25) is 0 Å². The third kappa shape index (κ3) is 4.10. The van der Waals surface area contributed by atoms with Crippen LogP contribution in [0.5, 0.6) is 5.75 Å². The number of rotatable bonds is 5. The largest absolute Gasteiger partial charge is 0.487 e. The molecule has 0 aliphatic rings. The first-order chi connectivity index (χ1) is 11.6. The Bertz CT molecular complexity index is 856. The quantitative estimate of drug-likeness (QED) is 0.711. The van der Waals surface area contributed by atoms with Crippen molar-refractivity contribution in [1.29, 1.82) is 0 Å². The predicted molar refractivity (Wildman–Crippen MR) is 92.3 cm³/mol. The third-order valence-electron chi connectivity index (χ3n) is 3.14. The number of aromatic nitrogens is 1. The van der Waals surface area contributed by atoms with Gasteiger partial charge in [-0.15, -0.1) is 11.3 Å². The van der Waals surface area contributed by atoms with Crippen molar-refractivity contribution in [3.05, 3.63) is 75.5 Å². The summed E-state index contributed by atoms with van der Waals surface area (Å²) in [5.74, 6) is -0.471. The molecule has 3 rings (SSSR count). The van der Waals surface area contributed by atoms with E-state index in [4.69, 9.17) is 16.3 Å². The Morgan fingerprint density at radius 2 is 2.17 bits per heavy atom. The lowest BCUT2D eigenvalue weighted by molar-refractivity contribution is 0.102. The molecule has 0 spiro atoms. The summed E-state index contributed by atoms with van der Waals surface area (Å²) in [6.45, 7) is 0.317. The number of nitrogens with zero attached hydrogens (tertiary/aromatic N) is 1. The molecule has 1 heterocycles. The van der Waals surface area contributed by atoms with Gasteiger partial charge in [-0.25, -0.2) is 9.37 Å². The Balaban J connectivity index is 1.70. The molecule has 24 heavy (non-hydrogen) atoms. The van der Waals surface area contributed by atoms with E-state index in [0.717, 1.165) is 5.69 Å². The Morgan fingerprint density at radius 1 is 1.29 bits per heavy atom. The summed E-state index contributed by atoms with van der Waals surface area (Å²) in [6.07, 6.45) is 0. The van der Waals surface area contributed by atoms with Crippen LogP contribution in [-0.2, 0) is 6.61 Å². The molecule has 122 valence electrons. The summed E-state index contributed by atoms with van der Waals surface area (Å²) in [4.78, 5) is 16.4. The molecule has 1 amide bonds. The van der Waals surface area contributed by atoms with Crippen molar-refractivity contribution in [2.24, 2.45) is 0 Å². The molecule has 0 fully saturated rings. The van der Waals surface area contributed by atoms with Crippen LogP contribution in [0.25, 0.3) is 0 Å². The van der Waals surface area contributed by atoms with Gasteiger partial charge >= 0.3 is 0 Å². The van der Waals surface area contributed by atoms with Gasteiger partial charge in [0.15, 0.2) is 0 Å². The van der Waals surface area contributed by atoms with E-state index in [-0.39, 0.29) is 5.69 Å². The molecular formula is C17H12ClFN2O2S. The first-order valence-electron chi connectivity index (χ1n) is 6.98. The second-order valence-corrected chi connectivity index (χ2v) is 6.03. The number of anilines is 1. The van der Waals surface area contributed by atoms with E-state index >= 15 is 0 Å². The lowest BCUT2D eigenvalue weighted by Crippen LogP contribution is -2.13. The van der Waals surface area contributed by atoms with Crippen molar-refractivity contribution in [3.8, 4) is 5.75 Å². The summed E-state index contributed by atoms with van der Waals surface area (Å²) in [7, 11) is 0. The van der Waals surface area contributed by atoms with E-state index < -0.39 is 11.7 Å². The smallest absolute Gasteiger partial charge is 0.255 e. The molecule has 7 heteroatoms. The highest BCUT2D eigenvalue weighted by Crippen LogP contribution is 2.21. The number of halogens is 2. The second-order valence-electron chi connectivity index (χ2n) is 4.87. The van der Waals surface area contributed by atoms with Crippen molar-refractivity contribution >= 4 is 34.5 Å². The highest BCUT2D eigenvalue weighted by atomic mass is 35.5. The van der Waals surface area contributed by atoms with Crippen LogP contribution in [0.2, 0.25) is 5.02 Å².